The first-order valence-electron chi connectivity index (χ1n) is 8.01. The van der Waals surface area contributed by atoms with Crippen LogP contribution in [-0.4, -0.2) is 23.6 Å². The molecule has 1 aliphatic rings. The average molecular weight is 340 g/mol. The van der Waals surface area contributed by atoms with Crippen LogP contribution in [0.5, 0.6) is 0 Å². The van der Waals surface area contributed by atoms with Gasteiger partial charge in [-0.05, 0) is 23.6 Å². The van der Waals surface area contributed by atoms with Crippen LogP contribution < -0.4 is 10.6 Å². The summed E-state index contributed by atoms with van der Waals surface area (Å²) in [5, 5.41) is 5.42. The maximum absolute atomic E-state index is 12.2. The minimum Gasteiger partial charge on any atom is -0.355 e. The Morgan fingerprint density at radius 3 is 2.67 bits per heavy atom. The first kappa shape index (κ1) is 16.6. The van der Waals surface area contributed by atoms with E-state index in [1.54, 1.807) is 0 Å². The van der Waals surface area contributed by atoms with Gasteiger partial charge in [0.1, 0.15) is 0 Å². The highest BCUT2D eigenvalue weighted by Crippen LogP contribution is 2.36. The van der Waals surface area contributed by atoms with E-state index in [-0.39, 0.29) is 29.4 Å². The van der Waals surface area contributed by atoms with E-state index in [4.69, 9.17) is 0 Å². The zero-order valence-electron chi connectivity index (χ0n) is 13.5. The number of amides is 2. The van der Waals surface area contributed by atoms with Gasteiger partial charge in [-0.25, -0.2) is 0 Å². The highest BCUT2D eigenvalue weighted by Gasteiger charge is 2.28. The Balaban J connectivity index is 1.53. The van der Waals surface area contributed by atoms with E-state index < -0.39 is 0 Å². The summed E-state index contributed by atoms with van der Waals surface area (Å²) in [6.45, 7) is 2.65. The van der Waals surface area contributed by atoms with Crippen LogP contribution in [0.4, 0.5) is 5.69 Å². The number of nitrogens with one attached hydrogen (secondary N) is 2. The Hall–Kier alpha value is -2.27. The molecule has 2 amide bonds. The first-order chi connectivity index (χ1) is 11.6. The summed E-state index contributed by atoms with van der Waals surface area (Å²) in [6, 6.07) is 17.7. The van der Waals surface area contributed by atoms with Crippen molar-refractivity contribution in [1.29, 1.82) is 0 Å². The molecule has 0 fully saturated rings. The van der Waals surface area contributed by atoms with Gasteiger partial charge in [0.05, 0.1) is 10.9 Å². The molecule has 3 rings (SSSR count). The van der Waals surface area contributed by atoms with Crippen LogP contribution in [0.2, 0.25) is 0 Å². The summed E-state index contributed by atoms with van der Waals surface area (Å²) in [7, 11) is 0. The zero-order chi connectivity index (χ0) is 16.9. The highest BCUT2D eigenvalue weighted by molar-refractivity contribution is 8.01. The van der Waals surface area contributed by atoms with E-state index in [9.17, 15) is 9.59 Å². The predicted octanol–water partition coefficient (Wildman–Crippen LogP) is 3.41. The lowest BCUT2D eigenvalue weighted by atomic mass is 10.0. The molecule has 2 atom stereocenters. The van der Waals surface area contributed by atoms with Gasteiger partial charge in [-0.15, -0.1) is 11.8 Å². The normalized spacial score (nSPS) is 17.5. The van der Waals surface area contributed by atoms with Gasteiger partial charge < -0.3 is 10.6 Å². The quantitative estimate of drug-likeness (QED) is 0.877. The third-order valence-electron chi connectivity index (χ3n) is 4.05. The Morgan fingerprint density at radius 1 is 1.17 bits per heavy atom. The van der Waals surface area contributed by atoms with Crippen LogP contribution in [0.1, 0.15) is 24.8 Å². The number of benzene rings is 2. The molecule has 124 valence electrons. The fourth-order valence-corrected chi connectivity index (χ4v) is 3.74. The molecule has 0 spiro atoms. The van der Waals surface area contributed by atoms with Crippen LogP contribution in [0, 0.1) is 0 Å². The number of anilines is 1. The molecule has 0 aromatic heterocycles. The summed E-state index contributed by atoms with van der Waals surface area (Å²) in [5.74, 6) is 0.0403. The molecule has 0 saturated heterocycles. The molecule has 1 aliphatic heterocycles. The number of rotatable bonds is 5. The Bertz CT molecular complexity index is 733. The van der Waals surface area contributed by atoms with Gasteiger partial charge in [0.25, 0.3) is 0 Å². The number of carbonyl (C=O) groups excluding carboxylic acids is 2. The summed E-state index contributed by atoms with van der Waals surface area (Å²) in [4.78, 5) is 25.3. The molecule has 0 bridgehead atoms. The van der Waals surface area contributed by atoms with Crippen molar-refractivity contribution in [2.75, 3.05) is 11.9 Å². The van der Waals surface area contributed by atoms with E-state index in [2.05, 4.69) is 29.7 Å². The van der Waals surface area contributed by atoms with Crippen molar-refractivity contribution in [3.63, 3.8) is 0 Å². The van der Waals surface area contributed by atoms with Gasteiger partial charge >= 0.3 is 0 Å². The largest absolute Gasteiger partial charge is 0.355 e. The summed E-state index contributed by atoms with van der Waals surface area (Å²) < 4.78 is 0. The number of fused-ring (bicyclic) bond motifs is 1. The molecular formula is C19H20N2O2S. The van der Waals surface area contributed by atoms with Crippen LogP contribution in [0.15, 0.2) is 59.5 Å². The molecule has 0 saturated carbocycles. The van der Waals surface area contributed by atoms with Crippen LogP contribution in [0.3, 0.4) is 0 Å². The smallest absolute Gasteiger partial charge is 0.238 e. The fourth-order valence-electron chi connectivity index (χ4n) is 2.63. The monoisotopic (exact) mass is 340 g/mol. The molecular weight excluding hydrogens is 320 g/mol. The van der Waals surface area contributed by atoms with Crippen molar-refractivity contribution in [3.8, 4) is 0 Å². The number of para-hydroxylation sites is 1. The number of hydrogen-bond acceptors (Lipinski definition) is 3. The van der Waals surface area contributed by atoms with Crippen molar-refractivity contribution < 1.29 is 9.59 Å². The van der Waals surface area contributed by atoms with Crippen LogP contribution in [-0.2, 0) is 9.59 Å². The minimum absolute atomic E-state index is 0.0928. The number of hydrogen-bond donors (Lipinski definition) is 2. The molecule has 4 nitrogen and oxygen atoms in total. The third kappa shape index (κ3) is 3.97. The maximum Gasteiger partial charge on any atom is 0.238 e. The molecule has 1 heterocycles. The maximum atomic E-state index is 12.2. The topological polar surface area (TPSA) is 58.2 Å². The summed E-state index contributed by atoms with van der Waals surface area (Å²) in [6.07, 6.45) is 0.187. The van der Waals surface area contributed by atoms with E-state index >= 15 is 0 Å². The molecule has 0 radical (unpaired) electrons. The van der Waals surface area contributed by atoms with Gasteiger partial charge in [0.2, 0.25) is 11.8 Å². The summed E-state index contributed by atoms with van der Waals surface area (Å²) >= 11 is 1.45. The predicted molar refractivity (Wildman–Crippen MR) is 97.2 cm³/mol. The van der Waals surface area contributed by atoms with E-state index in [1.807, 2.05) is 42.5 Å². The van der Waals surface area contributed by atoms with Crippen molar-refractivity contribution in [3.05, 3.63) is 60.2 Å². The lowest BCUT2D eigenvalue weighted by molar-refractivity contribution is -0.124. The Labute approximate surface area is 146 Å². The summed E-state index contributed by atoms with van der Waals surface area (Å²) in [5.41, 5.74) is 2.01. The number of thioether (sulfide) groups is 1. The first-order valence-corrected chi connectivity index (χ1v) is 8.89. The van der Waals surface area contributed by atoms with Gasteiger partial charge in [0, 0.05) is 17.9 Å². The van der Waals surface area contributed by atoms with E-state index in [1.165, 1.54) is 17.3 Å². The lowest BCUT2D eigenvalue weighted by Gasteiger charge is -2.23. The molecule has 0 aliphatic carbocycles. The lowest BCUT2D eigenvalue weighted by Crippen LogP contribution is -2.36. The van der Waals surface area contributed by atoms with Crippen LogP contribution in [0.25, 0.3) is 0 Å². The highest BCUT2D eigenvalue weighted by atomic mass is 32.2. The second-order valence-electron chi connectivity index (χ2n) is 5.91. The molecule has 2 aromatic rings. The Morgan fingerprint density at radius 2 is 1.88 bits per heavy atom. The van der Waals surface area contributed by atoms with Crippen molar-refractivity contribution in [1.82, 2.24) is 5.32 Å². The zero-order valence-corrected chi connectivity index (χ0v) is 14.3. The number of carbonyl (C=O) groups is 2. The van der Waals surface area contributed by atoms with E-state index in [0.717, 1.165) is 10.6 Å². The molecule has 2 N–H and O–H groups in total. The van der Waals surface area contributed by atoms with Crippen molar-refractivity contribution in [2.24, 2.45) is 0 Å². The molecule has 2 aromatic carbocycles. The average Bonchev–Trinajstić information content (AvgIpc) is 2.61. The van der Waals surface area contributed by atoms with Gasteiger partial charge in [-0.2, -0.15) is 0 Å². The second-order valence-corrected chi connectivity index (χ2v) is 7.16. The van der Waals surface area contributed by atoms with Gasteiger partial charge in [-0.1, -0.05) is 49.4 Å². The molecule has 2 unspecified atom stereocenters. The standard InChI is InChI=1S/C19H20N2O2S/c1-13(14-7-3-2-4-8-14)12-20-18(22)11-17-19(23)21-15-9-5-6-10-16(15)24-17/h2-10,13,17H,11-12H2,1H3,(H,20,22)(H,21,23). The Kier molecular flexibility index (Phi) is 5.20. The molecule has 5 heteroatoms. The van der Waals surface area contributed by atoms with Crippen LogP contribution >= 0.6 is 11.8 Å². The van der Waals surface area contributed by atoms with E-state index in [0.29, 0.717) is 6.54 Å². The van der Waals surface area contributed by atoms with Crippen molar-refractivity contribution >= 4 is 29.3 Å². The van der Waals surface area contributed by atoms with Gasteiger partial charge in [-0.3, -0.25) is 9.59 Å². The third-order valence-corrected chi connectivity index (χ3v) is 5.33. The van der Waals surface area contributed by atoms with Gasteiger partial charge in [0.15, 0.2) is 0 Å². The molecule has 24 heavy (non-hydrogen) atoms. The van der Waals surface area contributed by atoms with Crippen molar-refractivity contribution in [2.45, 2.75) is 29.4 Å². The minimum atomic E-state index is -0.382. The fraction of sp³-hybridized carbons (Fsp3) is 0.263. The second kappa shape index (κ2) is 7.53. The SMILES string of the molecule is CC(CNC(=O)CC1Sc2ccccc2NC1=O)c1ccccc1.